The van der Waals surface area contributed by atoms with Gasteiger partial charge in [-0.15, -0.1) is 0 Å². The van der Waals surface area contributed by atoms with Crippen molar-refractivity contribution in [1.29, 1.82) is 0 Å². The second-order valence-electron chi connectivity index (χ2n) is 5.35. The smallest absolute Gasteiger partial charge is 0.112 e. The molecule has 0 amide bonds. The molecular formula is C12H23BO6. The molecule has 19 heavy (non-hydrogen) atoms. The summed E-state index contributed by atoms with van der Waals surface area (Å²) in [5, 5.41) is 35.7. The highest BCUT2D eigenvalue weighted by Gasteiger charge is 2.40. The van der Waals surface area contributed by atoms with Crippen molar-refractivity contribution in [2.75, 3.05) is 13.2 Å². The summed E-state index contributed by atoms with van der Waals surface area (Å²) < 4.78 is 10.1. The molecule has 0 aromatic heterocycles. The average Bonchev–Trinajstić information content (AvgIpc) is 2.81. The Hall–Kier alpha value is -0.175. The van der Waals surface area contributed by atoms with Crippen LogP contribution in [0, 0.1) is 0 Å². The molecule has 2 saturated heterocycles. The van der Waals surface area contributed by atoms with Crippen LogP contribution in [0.4, 0.5) is 0 Å². The number of ether oxygens (including phenoxy) is 2. The zero-order valence-electron chi connectivity index (χ0n) is 11.4. The van der Waals surface area contributed by atoms with Gasteiger partial charge in [-0.3, -0.25) is 0 Å². The molecule has 2 heterocycles. The predicted molar refractivity (Wildman–Crippen MR) is 68.8 cm³/mol. The van der Waals surface area contributed by atoms with E-state index in [2.05, 4.69) is 0 Å². The topological polar surface area (TPSA) is 99.4 Å². The maximum Gasteiger partial charge on any atom is 0.112 e. The number of aliphatic hydroxyl groups excluding tert-OH is 3. The first-order chi connectivity index (χ1) is 8.80. The quantitative estimate of drug-likeness (QED) is 0.459. The van der Waals surface area contributed by atoms with Crippen molar-refractivity contribution < 1.29 is 29.9 Å². The third kappa shape index (κ3) is 4.70. The summed E-state index contributed by atoms with van der Waals surface area (Å²) in [6.45, 7) is 3.48. The molecule has 0 aromatic rings. The van der Waals surface area contributed by atoms with Crippen molar-refractivity contribution in [2.24, 2.45) is 0 Å². The Morgan fingerprint density at radius 3 is 2.00 bits per heavy atom. The van der Waals surface area contributed by atoms with Crippen LogP contribution < -0.4 is 0 Å². The van der Waals surface area contributed by atoms with Gasteiger partial charge in [0.2, 0.25) is 0 Å². The van der Waals surface area contributed by atoms with E-state index in [-0.39, 0.29) is 31.5 Å². The van der Waals surface area contributed by atoms with Crippen molar-refractivity contribution in [3.8, 4) is 0 Å². The van der Waals surface area contributed by atoms with Crippen LogP contribution in [-0.4, -0.2) is 77.5 Å². The van der Waals surface area contributed by atoms with Gasteiger partial charge in [0.05, 0.1) is 43.2 Å². The molecule has 0 saturated carbocycles. The van der Waals surface area contributed by atoms with Crippen molar-refractivity contribution in [3.63, 3.8) is 0 Å². The van der Waals surface area contributed by atoms with Crippen LogP contribution in [0.5, 0.6) is 0 Å². The third-order valence-corrected chi connectivity index (χ3v) is 3.55. The zero-order chi connectivity index (χ0) is 14.6. The lowest BCUT2D eigenvalue weighted by Crippen LogP contribution is -2.31. The SMILES string of the molecule is CC1OC(CO)CC1(C)O.[B]C1OC(CO)CC1O. The Morgan fingerprint density at radius 1 is 1.21 bits per heavy atom. The molecule has 0 aromatic carbocycles. The average molecular weight is 274 g/mol. The van der Waals surface area contributed by atoms with Gasteiger partial charge in [-0.2, -0.15) is 0 Å². The Morgan fingerprint density at radius 2 is 1.79 bits per heavy atom. The van der Waals surface area contributed by atoms with E-state index in [4.69, 9.17) is 32.6 Å². The lowest BCUT2D eigenvalue weighted by atomic mass is 9.95. The third-order valence-electron chi connectivity index (χ3n) is 3.55. The second kappa shape index (κ2) is 7.01. The first-order valence-corrected chi connectivity index (χ1v) is 6.48. The molecule has 6 unspecified atom stereocenters. The molecule has 2 radical (unpaired) electrons. The standard InChI is InChI=1S/C7H14O3.C5H9BO3/c1-5-7(2,9)3-6(4-8)10-5;6-5-4(8)1-3(2-7)9-5/h5-6,8-9H,3-4H2,1-2H3;3-5,7-8H,1-2H2. The molecular weight excluding hydrogens is 251 g/mol. The molecule has 0 spiro atoms. The minimum atomic E-state index is -0.757. The first kappa shape index (κ1) is 16.9. The van der Waals surface area contributed by atoms with Gasteiger partial charge in [0.25, 0.3) is 0 Å². The van der Waals surface area contributed by atoms with Crippen molar-refractivity contribution in [1.82, 2.24) is 0 Å². The summed E-state index contributed by atoms with van der Waals surface area (Å²) in [5.74, 6) is 0. The van der Waals surface area contributed by atoms with Crippen LogP contribution in [0.15, 0.2) is 0 Å². The summed E-state index contributed by atoms with van der Waals surface area (Å²) in [6.07, 6.45) is -0.241. The summed E-state index contributed by atoms with van der Waals surface area (Å²) in [4.78, 5) is 0. The first-order valence-electron chi connectivity index (χ1n) is 6.48. The molecule has 4 N–H and O–H groups in total. The summed E-state index contributed by atoms with van der Waals surface area (Å²) in [6, 6.07) is -0.609. The van der Waals surface area contributed by atoms with Crippen LogP contribution in [0.2, 0.25) is 0 Å². The van der Waals surface area contributed by atoms with Gasteiger partial charge in [0.15, 0.2) is 0 Å². The second-order valence-corrected chi connectivity index (χ2v) is 5.35. The molecule has 7 heteroatoms. The molecule has 2 fully saturated rings. The van der Waals surface area contributed by atoms with Gasteiger partial charge < -0.3 is 29.9 Å². The molecule has 110 valence electrons. The lowest BCUT2D eigenvalue weighted by molar-refractivity contribution is -0.0339. The molecule has 2 aliphatic heterocycles. The molecule has 0 aliphatic carbocycles. The monoisotopic (exact) mass is 274 g/mol. The molecule has 2 rings (SSSR count). The minimum Gasteiger partial charge on any atom is -0.394 e. The van der Waals surface area contributed by atoms with Gasteiger partial charge in [-0.05, 0) is 13.8 Å². The number of hydrogen-bond acceptors (Lipinski definition) is 6. The summed E-state index contributed by atoms with van der Waals surface area (Å²) in [5.41, 5.74) is -0.757. The summed E-state index contributed by atoms with van der Waals surface area (Å²) in [7, 11) is 5.26. The fourth-order valence-corrected chi connectivity index (χ4v) is 2.11. The van der Waals surface area contributed by atoms with Gasteiger partial charge in [0.1, 0.15) is 7.85 Å². The van der Waals surface area contributed by atoms with Gasteiger partial charge >= 0.3 is 0 Å². The Balaban J connectivity index is 0.000000191. The van der Waals surface area contributed by atoms with Gasteiger partial charge in [-0.25, -0.2) is 0 Å². The molecule has 6 atom stereocenters. The van der Waals surface area contributed by atoms with Crippen molar-refractivity contribution in [3.05, 3.63) is 0 Å². The van der Waals surface area contributed by atoms with E-state index in [9.17, 15) is 5.11 Å². The fraction of sp³-hybridized carbons (Fsp3) is 1.00. The normalized spacial score (nSPS) is 45.9. The fourth-order valence-electron chi connectivity index (χ4n) is 2.11. The maximum absolute atomic E-state index is 9.53. The highest BCUT2D eigenvalue weighted by molar-refractivity contribution is 6.11. The highest BCUT2D eigenvalue weighted by atomic mass is 16.5. The van der Waals surface area contributed by atoms with E-state index in [1.807, 2.05) is 6.92 Å². The van der Waals surface area contributed by atoms with Crippen LogP contribution in [0.1, 0.15) is 26.7 Å². The highest BCUT2D eigenvalue weighted by Crippen LogP contribution is 2.29. The Bertz CT molecular complexity index is 265. The summed E-state index contributed by atoms with van der Waals surface area (Å²) >= 11 is 0. The minimum absolute atomic E-state index is 0.000486. The van der Waals surface area contributed by atoms with E-state index in [0.717, 1.165) is 0 Å². The van der Waals surface area contributed by atoms with Gasteiger partial charge in [0, 0.05) is 18.8 Å². The Labute approximate surface area is 114 Å². The van der Waals surface area contributed by atoms with E-state index in [1.54, 1.807) is 6.92 Å². The van der Waals surface area contributed by atoms with E-state index in [1.165, 1.54) is 0 Å². The van der Waals surface area contributed by atoms with E-state index in [0.29, 0.717) is 12.8 Å². The largest absolute Gasteiger partial charge is 0.394 e. The molecule has 6 nitrogen and oxygen atoms in total. The Kier molecular flexibility index (Phi) is 6.23. The molecule has 0 bridgehead atoms. The van der Waals surface area contributed by atoms with E-state index < -0.39 is 17.7 Å². The van der Waals surface area contributed by atoms with Crippen LogP contribution in [0.3, 0.4) is 0 Å². The lowest BCUT2D eigenvalue weighted by Gasteiger charge is -2.18. The van der Waals surface area contributed by atoms with Crippen LogP contribution >= 0.6 is 0 Å². The van der Waals surface area contributed by atoms with Crippen molar-refractivity contribution >= 4 is 7.85 Å². The van der Waals surface area contributed by atoms with Crippen LogP contribution in [-0.2, 0) is 9.47 Å². The van der Waals surface area contributed by atoms with Gasteiger partial charge in [-0.1, -0.05) is 0 Å². The zero-order valence-corrected chi connectivity index (χ0v) is 11.4. The predicted octanol–water partition coefficient (Wildman–Crippen LogP) is -1.47. The van der Waals surface area contributed by atoms with E-state index >= 15 is 0 Å². The number of aliphatic hydroxyl groups is 4. The number of hydrogen-bond donors (Lipinski definition) is 4. The maximum atomic E-state index is 9.53. The van der Waals surface area contributed by atoms with Crippen molar-refractivity contribution in [2.45, 2.75) is 62.7 Å². The molecule has 2 aliphatic rings. The van der Waals surface area contributed by atoms with Crippen LogP contribution in [0.25, 0.3) is 0 Å². The number of rotatable bonds is 2.